The van der Waals surface area contributed by atoms with E-state index in [4.69, 9.17) is 40.7 Å². The van der Waals surface area contributed by atoms with E-state index in [0.717, 1.165) is 11.1 Å². The van der Waals surface area contributed by atoms with Gasteiger partial charge >= 0.3 is 23.0 Å². The van der Waals surface area contributed by atoms with Gasteiger partial charge in [0.2, 0.25) is 0 Å². The fraction of sp³-hybridized carbons (Fsp3) is 0.410. The predicted molar refractivity (Wildman–Crippen MR) is 316 cm³/mol. The Morgan fingerprint density at radius 2 is 0.436 bits per heavy atom. The minimum Gasteiger partial charge on any atom is -0.508 e. The fourth-order valence-corrected chi connectivity index (χ4v) is 17.9. The average Bonchev–Trinajstić information content (AvgIpc) is 3.40. The van der Waals surface area contributed by atoms with Gasteiger partial charge in [0.1, 0.15) is 63.2 Å². The van der Waals surface area contributed by atoms with E-state index in [1.165, 1.54) is 24.3 Å². The molecule has 5 N–H and O–H groups in total. The highest BCUT2D eigenvalue weighted by atomic mass is 31.3. The molecule has 7 rings (SSSR count). The first kappa shape index (κ1) is 59.5. The van der Waals surface area contributed by atoms with Gasteiger partial charge in [-0.2, -0.15) is 0 Å². The van der Waals surface area contributed by atoms with Crippen LogP contribution in [0.1, 0.15) is 164 Å². The van der Waals surface area contributed by atoms with E-state index in [9.17, 15) is 25.5 Å². The lowest BCUT2D eigenvalue weighted by Crippen LogP contribution is -2.15. The van der Waals surface area contributed by atoms with Crippen molar-refractivity contribution < 1.29 is 52.7 Å². The minimum atomic E-state index is -4.57. The summed E-state index contributed by atoms with van der Waals surface area (Å²) in [5, 5.41) is 56.7. The number of hydrogen-bond acceptors (Lipinski definition) is 14. The Bertz CT molecular complexity index is 2850. The Balaban J connectivity index is 1.74. The van der Waals surface area contributed by atoms with Crippen LogP contribution in [0.15, 0.2) is 123 Å². The van der Waals surface area contributed by atoms with Gasteiger partial charge in [0, 0.05) is 27.8 Å². The number of aromatic hydroxyl groups is 5. The lowest BCUT2D eigenvalue weighted by atomic mass is 9.84. The molecule has 0 amide bonds. The third-order valence-corrected chi connectivity index (χ3v) is 21.0. The molecule has 0 spiro atoms. The summed E-state index contributed by atoms with van der Waals surface area (Å²) in [5.74, 6) is 1.46. The summed E-state index contributed by atoms with van der Waals surface area (Å²) in [7, 11) is -13.7. The zero-order chi connectivity index (χ0) is 58.0. The highest BCUT2D eigenvalue weighted by Gasteiger charge is 2.50. The molecule has 1 unspecified atom stereocenters. The van der Waals surface area contributed by atoms with Gasteiger partial charge in [0.15, 0.2) is 0 Å². The van der Waals surface area contributed by atoms with Crippen LogP contribution in [0.5, 0.6) is 63.2 Å². The van der Waals surface area contributed by atoms with Crippen LogP contribution in [0.4, 0.5) is 0 Å². The van der Waals surface area contributed by atoms with Crippen LogP contribution in [-0.2, 0) is 32.5 Å². The summed E-state index contributed by atoms with van der Waals surface area (Å²) in [6.45, 7) is 37.8. The molecule has 1 aliphatic heterocycles. The maximum atomic E-state index is 11.3. The second kappa shape index (κ2) is 20.8. The van der Waals surface area contributed by atoms with Crippen molar-refractivity contribution >= 4 is 23.0 Å². The van der Waals surface area contributed by atoms with Crippen molar-refractivity contribution in [2.75, 3.05) is 0 Å². The molecule has 78 heavy (non-hydrogen) atoms. The molecule has 0 aliphatic carbocycles. The zero-order valence-electron chi connectivity index (χ0n) is 48.8. The number of benzene rings is 6. The van der Waals surface area contributed by atoms with Crippen LogP contribution in [0.2, 0.25) is 0 Å². The van der Waals surface area contributed by atoms with E-state index in [1.54, 1.807) is 66.7 Å². The highest BCUT2D eigenvalue weighted by Crippen LogP contribution is 2.79. The third kappa shape index (κ3) is 13.6. The predicted octanol–water partition coefficient (Wildman–Crippen LogP) is 18.9. The van der Waals surface area contributed by atoms with Gasteiger partial charge < -0.3 is 52.7 Å². The van der Waals surface area contributed by atoms with Crippen molar-refractivity contribution in [1.82, 2.24) is 0 Å². The molecule has 0 saturated carbocycles. The Morgan fingerprint density at radius 3 is 0.615 bits per heavy atom. The van der Waals surface area contributed by atoms with Crippen molar-refractivity contribution in [1.29, 1.82) is 0 Å². The largest absolute Gasteiger partial charge is 0.508 e. The third-order valence-electron chi connectivity index (χ3n) is 12.9. The maximum absolute atomic E-state index is 11.3. The molecule has 0 fully saturated rings. The van der Waals surface area contributed by atoms with E-state index >= 15 is 0 Å². The van der Waals surface area contributed by atoms with E-state index in [0.29, 0.717) is 33.6 Å². The zero-order valence-corrected chi connectivity index (χ0v) is 51.4. The summed E-state index contributed by atoms with van der Waals surface area (Å²) in [5.41, 5.74) is 1.49. The Kier molecular flexibility index (Phi) is 15.9. The molecule has 6 aromatic rings. The second-order valence-corrected chi connectivity index (χ2v) is 32.3. The van der Waals surface area contributed by atoms with E-state index in [1.807, 2.05) is 129 Å². The first-order valence-electron chi connectivity index (χ1n) is 26.1. The molecule has 6 aromatic carbocycles. The standard InChI is InChI=1S/C61H80N3O11P3/c1-38-20-21-39(32-45(38)56(2,3)4)70-76(71-40-22-27-51(65)46(33-40)57(5,6)7)62-77(72-41-23-28-52(66)47(34-41)58(8,9)10,73-42-24-29-53(67)48(35-42)59(11,12)13)64-78(63-76,74-43-25-30-54(68)49(36-43)60(14,15)16)75-44-26-31-55(69)50(37-44)61(17,18)19/h20-37,65-69H,1-19H3. The normalized spacial score (nSPS) is 16.7. The molecule has 1 heterocycles. The van der Waals surface area contributed by atoms with E-state index < -0.39 is 50.1 Å². The number of aryl methyl sites for hydroxylation is 1. The molecule has 0 saturated heterocycles. The first-order chi connectivity index (χ1) is 35.7. The summed E-state index contributed by atoms with van der Waals surface area (Å²) < 4.78 is 60.3. The molecule has 0 aromatic heterocycles. The van der Waals surface area contributed by atoms with Gasteiger partial charge in [-0.1, -0.05) is 144 Å². The van der Waals surface area contributed by atoms with Gasteiger partial charge in [0.05, 0.1) is 0 Å². The number of phenols is 5. The van der Waals surface area contributed by atoms with Crippen molar-refractivity contribution in [2.45, 2.75) is 164 Å². The van der Waals surface area contributed by atoms with Gasteiger partial charge in [-0.25, -0.2) is 0 Å². The monoisotopic (exact) mass is 1120 g/mol. The van der Waals surface area contributed by atoms with E-state index in [-0.39, 0.29) is 62.9 Å². The Morgan fingerprint density at radius 1 is 0.269 bits per heavy atom. The molecule has 14 nitrogen and oxygen atoms in total. The van der Waals surface area contributed by atoms with Crippen LogP contribution >= 0.6 is 23.0 Å². The molecule has 17 heteroatoms. The second-order valence-electron chi connectivity index (χ2n) is 26.2. The van der Waals surface area contributed by atoms with Gasteiger partial charge in [0.25, 0.3) is 0 Å². The minimum absolute atomic E-state index is 0.0334. The summed E-state index contributed by atoms with van der Waals surface area (Å²) in [6, 6.07) is 29.8. The smallest absolute Gasteiger partial charge is 0.460 e. The Labute approximate surface area is 462 Å². The van der Waals surface area contributed by atoms with E-state index in [2.05, 4.69) is 20.8 Å². The van der Waals surface area contributed by atoms with Crippen LogP contribution in [-0.4, -0.2) is 25.5 Å². The van der Waals surface area contributed by atoms with Crippen molar-refractivity contribution in [3.05, 3.63) is 148 Å². The number of phenolic OH excluding ortho intramolecular Hbond substituents is 5. The number of hydrogen-bond donors (Lipinski definition) is 5. The van der Waals surface area contributed by atoms with Crippen LogP contribution < -0.4 is 27.1 Å². The topological polar surface area (TPSA) is 194 Å². The molecule has 0 bridgehead atoms. The van der Waals surface area contributed by atoms with Crippen molar-refractivity contribution in [3.63, 3.8) is 0 Å². The molecular formula is C61H80N3O11P3. The molecule has 0 radical (unpaired) electrons. The quantitative estimate of drug-likeness (QED) is 0.0732. The van der Waals surface area contributed by atoms with Crippen LogP contribution in [0.25, 0.3) is 0 Å². The summed E-state index contributed by atoms with van der Waals surface area (Å²) >= 11 is 0. The molecular weight excluding hydrogens is 1040 g/mol. The molecule has 420 valence electrons. The Hall–Kier alpha value is -6.19. The lowest BCUT2D eigenvalue weighted by Gasteiger charge is -2.34. The van der Waals surface area contributed by atoms with Crippen molar-refractivity contribution in [2.24, 2.45) is 13.5 Å². The van der Waals surface area contributed by atoms with Gasteiger partial charge in [-0.15, -0.1) is 0 Å². The number of nitrogens with zero attached hydrogens (tertiary/aromatic N) is 3. The lowest BCUT2D eigenvalue weighted by molar-refractivity contribution is 0.424. The summed E-state index contributed by atoms with van der Waals surface area (Å²) in [4.78, 5) is 0. The van der Waals surface area contributed by atoms with Gasteiger partial charge in [-0.3, -0.25) is 0 Å². The first-order valence-corrected chi connectivity index (χ1v) is 30.7. The fourth-order valence-electron chi connectivity index (χ4n) is 8.91. The van der Waals surface area contributed by atoms with Crippen LogP contribution in [0, 0.1) is 6.92 Å². The summed E-state index contributed by atoms with van der Waals surface area (Å²) in [6.07, 6.45) is 0. The number of rotatable bonds is 12. The SMILES string of the molecule is Cc1ccc(OP2(Oc3ccc(O)c(C(C)(C)C)c3)=NP(Oc3ccc(O)c(C(C)(C)C)c3)(Oc3ccc(O)c(C(C)(C)C)c3)=NP(Oc3ccc(O)c(C(C)(C)C)c3)(Oc3ccc(O)c(C(C)(C)C)c3)=N2)cc1C(C)(C)C. The highest BCUT2D eigenvalue weighted by molar-refractivity contribution is 7.79. The molecule has 1 aliphatic rings. The van der Waals surface area contributed by atoms with Crippen LogP contribution in [0.3, 0.4) is 0 Å². The average molecular weight is 1120 g/mol. The maximum Gasteiger partial charge on any atom is 0.460 e. The van der Waals surface area contributed by atoms with Crippen molar-refractivity contribution in [3.8, 4) is 63.2 Å². The molecule has 1 atom stereocenters. The van der Waals surface area contributed by atoms with Gasteiger partial charge in [-0.05, 0) is 154 Å².